The van der Waals surface area contributed by atoms with Crippen LogP contribution in [0.4, 0.5) is 0 Å². The van der Waals surface area contributed by atoms with E-state index in [2.05, 4.69) is 11.3 Å². The molecule has 1 atom stereocenters. The number of aliphatic carboxylic acids is 1. The van der Waals surface area contributed by atoms with Crippen LogP contribution in [0.25, 0.3) is 0 Å². The Labute approximate surface area is 82.8 Å². The van der Waals surface area contributed by atoms with Crippen LogP contribution in [-0.4, -0.2) is 42.5 Å². The molecule has 0 aromatic heterocycles. The van der Waals surface area contributed by atoms with Crippen LogP contribution in [0.5, 0.6) is 0 Å². The molecule has 0 spiro atoms. The maximum absolute atomic E-state index is 10.4. The topological polar surface area (TPSA) is 63.6 Å². The van der Waals surface area contributed by atoms with E-state index in [1.165, 1.54) is 6.92 Å². The summed E-state index contributed by atoms with van der Waals surface area (Å²) in [6, 6.07) is 0. The van der Waals surface area contributed by atoms with E-state index < -0.39 is 17.9 Å². The standard InChI is InChI=1S/C7H10O4.Li.H/c1-3-6(8)11-4-5(2)7(9)10;;/h3,5H,1,4H2,2H3,(H,9,10);;. The van der Waals surface area contributed by atoms with Gasteiger partial charge >= 0.3 is 30.8 Å². The molecule has 0 bridgehead atoms. The Bertz CT molecular complexity index is 178. The first-order valence-corrected chi connectivity index (χ1v) is 3.10. The molecular weight excluding hydrogens is 155 g/mol. The average molecular weight is 166 g/mol. The second-order valence-corrected chi connectivity index (χ2v) is 2.07. The van der Waals surface area contributed by atoms with Crippen LogP contribution in [0.2, 0.25) is 0 Å². The van der Waals surface area contributed by atoms with Gasteiger partial charge in [0.1, 0.15) is 6.61 Å². The molecule has 5 heteroatoms. The van der Waals surface area contributed by atoms with Gasteiger partial charge in [0.15, 0.2) is 0 Å². The van der Waals surface area contributed by atoms with Gasteiger partial charge in [0, 0.05) is 6.08 Å². The van der Waals surface area contributed by atoms with Gasteiger partial charge in [-0.1, -0.05) is 6.58 Å². The van der Waals surface area contributed by atoms with Gasteiger partial charge in [0.05, 0.1) is 5.92 Å². The molecule has 0 rings (SSSR count). The summed E-state index contributed by atoms with van der Waals surface area (Å²) in [4.78, 5) is 20.6. The van der Waals surface area contributed by atoms with Crippen LogP contribution in [0.3, 0.4) is 0 Å². The number of carbonyl (C=O) groups excluding carboxylic acids is 1. The minimum atomic E-state index is -0.984. The van der Waals surface area contributed by atoms with Crippen molar-refractivity contribution in [2.45, 2.75) is 6.92 Å². The fraction of sp³-hybridized carbons (Fsp3) is 0.429. The summed E-state index contributed by atoms with van der Waals surface area (Å²) in [7, 11) is 0. The number of carbonyl (C=O) groups is 2. The molecule has 0 radical (unpaired) electrons. The summed E-state index contributed by atoms with van der Waals surface area (Å²) in [5.41, 5.74) is 0. The van der Waals surface area contributed by atoms with E-state index >= 15 is 0 Å². The SMILES string of the molecule is C=CC(=O)OCC(C)C(=O)O.[LiH]. The summed E-state index contributed by atoms with van der Waals surface area (Å²) >= 11 is 0. The van der Waals surface area contributed by atoms with Gasteiger partial charge in [-0.15, -0.1) is 0 Å². The second kappa shape index (κ2) is 6.96. The van der Waals surface area contributed by atoms with E-state index in [0.717, 1.165) is 6.08 Å². The predicted molar refractivity (Wildman–Crippen MR) is 45.1 cm³/mol. The van der Waals surface area contributed by atoms with Gasteiger partial charge in [0.2, 0.25) is 0 Å². The molecule has 0 aliphatic carbocycles. The molecule has 12 heavy (non-hydrogen) atoms. The Morgan fingerprint density at radius 3 is 2.50 bits per heavy atom. The molecule has 0 saturated carbocycles. The van der Waals surface area contributed by atoms with Crippen molar-refractivity contribution in [3.05, 3.63) is 12.7 Å². The van der Waals surface area contributed by atoms with E-state index in [9.17, 15) is 9.59 Å². The van der Waals surface area contributed by atoms with Crippen molar-refractivity contribution >= 4 is 30.8 Å². The number of rotatable bonds is 4. The normalized spacial score (nSPS) is 10.8. The fourth-order valence-electron chi connectivity index (χ4n) is 0.337. The van der Waals surface area contributed by atoms with Crippen molar-refractivity contribution < 1.29 is 19.4 Å². The number of carboxylic acid groups (broad SMARTS) is 1. The van der Waals surface area contributed by atoms with E-state index in [-0.39, 0.29) is 25.5 Å². The van der Waals surface area contributed by atoms with Gasteiger partial charge in [-0.2, -0.15) is 0 Å². The Morgan fingerprint density at radius 1 is 1.67 bits per heavy atom. The molecular formula is C7H11LiO4. The third-order valence-electron chi connectivity index (χ3n) is 1.06. The van der Waals surface area contributed by atoms with Gasteiger partial charge in [0.25, 0.3) is 0 Å². The molecule has 0 saturated heterocycles. The van der Waals surface area contributed by atoms with Crippen molar-refractivity contribution in [1.82, 2.24) is 0 Å². The third kappa shape index (κ3) is 6.02. The van der Waals surface area contributed by atoms with Crippen LogP contribution in [0.15, 0.2) is 12.7 Å². The molecule has 1 N–H and O–H groups in total. The van der Waals surface area contributed by atoms with E-state index in [1.807, 2.05) is 0 Å². The molecule has 0 fully saturated rings. The number of hydrogen-bond donors (Lipinski definition) is 1. The number of esters is 1. The van der Waals surface area contributed by atoms with E-state index in [0.29, 0.717) is 0 Å². The Kier molecular flexibility index (Phi) is 8.02. The van der Waals surface area contributed by atoms with Gasteiger partial charge in [-0.3, -0.25) is 4.79 Å². The molecule has 0 aromatic carbocycles. The fourth-order valence-corrected chi connectivity index (χ4v) is 0.337. The first-order valence-electron chi connectivity index (χ1n) is 3.10. The third-order valence-corrected chi connectivity index (χ3v) is 1.06. The van der Waals surface area contributed by atoms with Crippen LogP contribution in [-0.2, 0) is 14.3 Å². The van der Waals surface area contributed by atoms with Crippen molar-refractivity contribution in [2.24, 2.45) is 5.92 Å². The monoisotopic (exact) mass is 166 g/mol. The molecule has 1 unspecified atom stereocenters. The molecule has 4 nitrogen and oxygen atoms in total. The average Bonchev–Trinajstić information content (AvgIpc) is 1.99. The quantitative estimate of drug-likeness (QED) is 0.356. The number of hydrogen-bond acceptors (Lipinski definition) is 3. The Balaban J connectivity index is 0. The van der Waals surface area contributed by atoms with E-state index in [1.54, 1.807) is 0 Å². The maximum atomic E-state index is 10.4. The molecule has 0 aliphatic heterocycles. The molecule has 0 heterocycles. The zero-order valence-corrected chi connectivity index (χ0v) is 6.24. The zero-order chi connectivity index (χ0) is 8.85. The molecule has 64 valence electrons. The number of ether oxygens (including phenoxy) is 1. The van der Waals surface area contributed by atoms with Gasteiger partial charge in [-0.25, -0.2) is 4.79 Å². The zero-order valence-electron chi connectivity index (χ0n) is 6.24. The summed E-state index contributed by atoms with van der Waals surface area (Å²) in [6.07, 6.45) is 0.995. The van der Waals surface area contributed by atoms with Crippen molar-refractivity contribution in [3.8, 4) is 0 Å². The summed E-state index contributed by atoms with van der Waals surface area (Å²) in [5, 5.41) is 8.35. The summed E-state index contributed by atoms with van der Waals surface area (Å²) < 4.78 is 4.48. The summed E-state index contributed by atoms with van der Waals surface area (Å²) in [6.45, 7) is 4.51. The first-order chi connectivity index (χ1) is 5.07. The number of carboxylic acids is 1. The second-order valence-electron chi connectivity index (χ2n) is 2.07. The molecule has 0 aromatic rings. The van der Waals surface area contributed by atoms with Crippen LogP contribution in [0, 0.1) is 5.92 Å². The van der Waals surface area contributed by atoms with E-state index in [4.69, 9.17) is 5.11 Å². The van der Waals surface area contributed by atoms with Crippen LogP contribution in [0.1, 0.15) is 6.92 Å². The van der Waals surface area contributed by atoms with Gasteiger partial charge < -0.3 is 9.84 Å². The van der Waals surface area contributed by atoms with Gasteiger partial charge in [-0.05, 0) is 6.92 Å². The Hall–Kier alpha value is -0.723. The van der Waals surface area contributed by atoms with Crippen molar-refractivity contribution in [2.75, 3.05) is 6.61 Å². The van der Waals surface area contributed by atoms with Crippen molar-refractivity contribution in [1.29, 1.82) is 0 Å². The molecule has 0 amide bonds. The predicted octanol–water partition coefficient (Wildman–Crippen LogP) is -0.212. The summed E-state index contributed by atoms with van der Waals surface area (Å²) in [5.74, 6) is -2.25. The molecule has 0 aliphatic rings. The van der Waals surface area contributed by atoms with Crippen LogP contribution >= 0.6 is 0 Å². The van der Waals surface area contributed by atoms with Crippen molar-refractivity contribution in [3.63, 3.8) is 0 Å². The Morgan fingerprint density at radius 2 is 2.17 bits per heavy atom. The minimum absolute atomic E-state index is 0. The first kappa shape index (κ1) is 13.8. The van der Waals surface area contributed by atoms with Crippen LogP contribution < -0.4 is 0 Å².